The van der Waals surface area contributed by atoms with Crippen molar-refractivity contribution < 1.29 is 9.90 Å². The molecule has 0 bridgehead atoms. The van der Waals surface area contributed by atoms with E-state index in [1.165, 1.54) is 30.6 Å². The van der Waals surface area contributed by atoms with Crippen molar-refractivity contribution in [3.05, 3.63) is 58.5 Å². The molecule has 0 unspecified atom stereocenters. The lowest BCUT2D eigenvalue weighted by Crippen LogP contribution is -2.20. The molecule has 3 N–H and O–H groups in total. The molecule has 86 valence electrons. The van der Waals surface area contributed by atoms with Crippen molar-refractivity contribution in [2.75, 3.05) is 5.32 Å². The SMILES string of the molecule is O=C(Nc1ccc(O)cc1)c1c[nH]ccc1=O. The molecule has 1 heterocycles. The summed E-state index contributed by atoms with van der Waals surface area (Å²) in [6.45, 7) is 0. The molecule has 0 aliphatic rings. The Kier molecular flexibility index (Phi) is 2.91. The maximum Gasteiger partial charge on any atom is 0.261 e. The number of amides is 1. The average Bonchev–Trinajstić information content (AvgIpc) is 2.32. The van der Waals surface area contributed by atoms with Crippen LogP contribution in [0, 0.1) is 0 Å². The van der Waals surface area contributed by atoms with Crippen LogP contribution >= 0.6 is 0 Å². The number of benzene rings is 1. The van der Waals surface area contributed by atoms with Crippen LogP contribution in [0.5, 0.6) is 5.75 Å². The first-order valence-corrected chi connectivity index (χ1v) is 4.94. The molecule has 1 aromatic carbocycles. The van der Waals surface area contributed by atoms with Crippen LogP contribution in [0.3, 0.4) is 0 Å². The molecule has 0 radical (unpaired) electrons. The predicted molar refractivity (Wildman–Crippen MR) is 63.1 cm³/mol. The number of rotatable bonds is 2. The summed E-state index contributed by atoms with van der Waals surface area (Å²) in [6, 6.07) is 7.27. The highest BCUT2D eigenvalue weighted by Crippen LogP contribution is 2.14. The fraction of sp³-hybridized carbons (Fsp3) is 0. The first-order valence-electron chi connectivity index (χ1n) is 4.94. The number of hydrogen-bond donors (Lipinski definition) is 3. The summed E-state index contributed by atoms with van der Waals surface area (Å²) in [7, 11) is 0. The third kappa shape index (κ3) is 2.52. The number of anilines is 1. The van der Waals surface area contributed by atoms with Crippen LogP contribution in [-0.2, 0) is 0 Å². The van der Waals surface area contributed by atoms with Crippen molar-refractivity contribution in [3.63, 3.8) is 0 Å². The highest BCUT2D eigenvalue weighted by atomic mass is 16.3. The number of nitrogens with one attached hydrogen (secondary N) is 2. The molecule has 0 aliphatic heterocycles. The average molecular weight is 230 g/mol. The van der Waals surface area contributed by atoms with Crippen molar-refractivity contribution in [2.45, 2.75) is 0 Å². The van der Waals surface area contributed by atoms with Crippen LogP contribution in [0.15, 0.2) is 47.5 Å². The first-order chi connectivity index (χ1) is 8.16. The third-order valence-corrected chi connectivity index (χ3v) is 2.19. The van der Waals surface area contributed by atoms with Gasteiger partial charge in [0.15, 0.2) is 5.43 Å². The normalized spacial score (nSPS) is 9.88. The minimum atomic E-state index is -0.488. The van der Waals surface area contributed by atoms with Crippen LogP contribution in [0.4, 0.5) is 5.69 Å². The van der Waals surface area contributed by atoms with Crippen LogP contribution in [0.25, 0.3) is 0 Å². The zero-order chi connectivity index (χ0) is 12.3. The van der Waals surface area contributed by atoms with Crippen molar-refractivity contribution in [1.82, 2.24) is 4.98 Å². The lowest BCUT2D eigenvalue weighted by atomic mass is 10.2. The number of carbonyl (C=O) groups excluding carboxylic acids is 1. The number of aromatic nitrogens is 1. The van der Waals surface area contributed by atoms with Crippen molar-refractivity contribution in [1.29, 1.82) is 0 Å². The quantitative estimate of drug-likeness (QED) is 0.681. The van der Waals surface area contributed by atoms with Crippen LogP contribution in [0.2, 0.25) is 0 Å². The van der Waals surface area contributed by atoms with Crippen molar-refractivity contribution in [3.8, 4) is 5.75 Å². The van der Waals surface area contributed by atoms with Gasteiger partial charge in [0.2, 0.25) is 0 Å². The summed E-state index contributed by atoms with van der Waals surface area (Å²) in [5.41, 5.74) is 0.205. The van der Waals surface area contributed by atoms with Crippen molar-refractivity contribution >= 4 is 11.6 Å². The molecule has 5 heteroatoms. The minimum Gasteiger partial charge on any atom is -0.508 e. The molecule has 0 aliphatic carbocycles. The number of pyridine rings is 1. The van der Waals surface area contributed by atoms with Gasteiger partial charge in [0.1, 0.15) is 11.3 Å². The van der Waals surface area contributed by atoms with E-state index in [1.54, 1.807) is 12.1 Å². The number of carbonyl (C=O) groups is 1. The zero-order valence-corrected chi connectivity index (χ0v) is 8.81. The summed E-state index contributed by atoms with van der Waals surface area (Å²) in [5, 5.41) is 11.6. The van der Waals surface area contributed by atoms with Gasteiger partial charge in [0, 0.05) is 24.1 Å². The number of phenols is 1. The second-order valence-corrected chi connectivity index (χ2v) is 3.42. The molecule has 0 saturated carbocycles. The van der Waals surface area contributed by atoms with E-state index in [4.69, 9.17) is 5.11 Å². The Morgan fingerprint density at radius 2 is 1.88 bits per heavy atom. The maximum absolute atomic E-state index is 11.7. The zero-order valence-electron chi connectivity index (χ0n) is 8.81. The molecule has 1 amide bonds. The van der Waals surface area contributed by atoms with Gasteiger partial charge in [-0.25, -0.2) is 0 Å². The van der Waals surface area contributed by atoms with E-state index < -0.39 is 5.91 Å². The number of aromatic amines is 1. The highest BCUT2D eigenvalue weighted by molar-refractivity contribution is 6.03. The second-order valence-electron chi connectivity index (χ2n) is 3.42. The van der Waals surface area contributed by atoms with Gasteiger partial charge in [-0.15, -0.1) is 0 Å². The van der Waals surface area contributed by atoms with Gasteiger partial charge in [-0.3, -0.25) is 9.59 Å². The number of H-pyrrole nitrogens is 1. The summed E-state index contributed by atoms with van der Waals surface area (Å²) >= 11 is 0. The highest BCUT2D eigenvalue weighted by Gasteiger charge is 2.09. The van der Waals surface area contributed by atoms with Crippen LogP contribution < -0.4 is 10.7 Å². The van der Waals surface area contributed by atoms with Gasteiger partial charge in [-0.05, 0) is 24.3 Å². The number of hydrogen-bond acceptors (Lipinski definition) is 3. The van der Waals surface area contributed by atoms with E-state index >= 15 is 0 Å². The Bertz CT molecular complexity index is 587. The molecule has 0 spiro atoms. The van der Waals surface area contributed by atoms with E-state index in [2.05, 4.69) is 10.3 Å². The first kappa shape index (κ1) is 10.9. The largest absolute Gasteiger partial charge is 0.508 e. The smallest absolute Gasteiger partial charge is 0.261 e. The van der Waals surface area contributed by atoms with Crippen LogP contribution in [0.1, 0.15) is 10.4 Å². The second kappa shape index (κ2) is 4.52. The summed E-state index contributed by atoms with van der Waals surface area (Å²) in [6.07, 6.45) is 2.80. The Morgan fingerprint density at radius 1 is 1.18 bits per heavy atom. The Hall–Kier alpha value is -2.56. The van der Waals surface area contributed by atoms with E-state index in [0.29, 0.717) is 5.69 Å². The van der Waals surface area contributed by atoms with Gasteiger partial charge in [0.05, 0.1) is 0 Å². The summed E-state index contributed by atoms with van der Waals surface area (Å²) in [4.78, 5) is 25.8. The van der Waals surface area contributed by atoms with E-state index in [9.17, 15) is 9.59 Å². The third-order valence-electron chi connectivity index (χ3n) is 2.19. The molecule has 0 fully saturated rings. The molecular weight excluding hydrogens is 220 g/mol. The van der Waals surface area contributed by atoms with Gasteiger partial charge < -0.3 is 15.4 Å². The topological polar surface area (TPSA) is 82.2 Å². The molecule has 2 aromatic rings. The molecule has 0 atom stereocenters. The number of aromatic hydroxyl groups is 1. The van der Waals surface area contributed by atoms with Gasteiger partial charge >= 0.3 is 0 Å². The van der Waals surface area contributed by atoms with Gasteiger partial charge in [0.25, 0.3) is 5.91 Å². The summed E-state index contributed by atoms with van der Waals surface area (Å²) < 4.78 is 0. The standard InChI is InChI=1S/C12H10N2O3/c15-9-3-1-8(2-4-9)14-12(17)10-7-13-6-5-11(10)16/h1-7,15H,(H,13,16)(H,14,17). The van der Waals surface area contributed by atoms with Crippen LogP contribution in [-0.4, -0.2) is 16.0 Å². The number of phenolic OH excluding ortho intramolecular Hbond substituents is 1. The molecule has 1 aromatic heterocycles. The molecule has 2 rings (SSSR count). The molecule has 5 nitrogen and oxygen atoms in total. The lowest BCUT2D eigenvalue weighted by molar-refractivity contribution is 0.102. The van der Waals surface area contributed by atoms with E-state index in [-0.39, 0.29) is 16.7 Å². The molecule has 0 saturated heterocycles. The van der Waals surface area contributed by atoms with Gasteiger partial charge in [-0.2, -0.15) is 0 Å². The summed E-state index contributed by atoms with van der Waals surface area (Å²) in [5.74, 6) is -0.377. The minimum absolute atomic E-state index is 0.0422. The Morgan fingerprint density at radius 3 is 2.53 bits per heavy atom. The van der Waals surface area contributed by atoms with Crippen molar-refractivity contribution in [2.24, 2.45) is 0 Å². The maximum atomic E-state index is 11.7. The van der Waals surface area contributed by atoms with Gasteiger partial charge in [-0.1, -0.05) is 0 Å². The Labute approximate surface area is 96.7 Å². The fourth-order valence-corrected chi connectivity index (χ4v) is 1.34. The Balaban J connectivity index is 2.20. The van der Waals surface area contributed by atoms with E-state index in [0.717, 1.165) is 0 Å². The predicted octanol–water partition coefficient (Wildman–Crippen LogP) is 1.33. The monoisotopic (exact) mass is 230 g/mol. The fourth-order valence-electron chi connectivity index (χ4n) is 1.34. The molecular formula is C12H10N2O3. The molecule has 17 heavy (non-hydrogen) atoms. The lowest BCUT2D eigenvalue weighted by Gasteiger charge is -2.04. The van der Waals surface area contributed by atoms with E-state index in [1.807, 2.05) is 0 Å².